The van der Waals surface area contributed by atoms with Crippen LogP contribution in [0.5, 0.6) is 0 Å². The highest BCUT2D eigenvalue weighted by molar-refractivity contribution is 5.57. The van der Waals surface area contributed by atoms with Gasteiger partial charge in [-0.3, -0.25) is 0 Å². The molecule has 0 radical (unpaired) electrons. The van der Waals surface area contributed by atoms with Gasteiger partial charge in [-0.2, -0.15) is 0 Å². The maximum Gasteiger partial charge on any atom is 0.248 e. The molecule has 1 heterocycles. The largest absolute Gasteiger partial charge is 0.419 e. The van der Waals surface area contributed by atoms with Gasteiger partial charge in [0.2, 0.25) is 11.8 Å². The Labute approximate surface area is 141 Å². The summed E-state index contributed by atoms with van der Waals surface area (Å²) in [4.78, 5) is 0. The smallest absolute Gasteiger partial charge is 0.248 e. The number of aryl methyl sites for hydroxylation is 1. The van der Waals surface area contributed by atoms with Crippen molar-refractivity contribution in [1.82, 2.24) is 15.5 Å². The summed E-state index contributed by atoms with van der Waals surface area (Å²) in [6, 6.07) is 18.0. The minimum atomic E-state index is 0.0463. The first-order valence-corrected chi connectivity index (χ1v) is 8.05. The highest BCUT2D eigenvalue weighted by Gasteiger charge is 2.14. The summed E-state index contributed by atoms with van der Waals surface area (Å²) in [6.07, 6.45) is 0.628. The summed E-state index contributed by atoms with van der Waals surface area (Å²) >= 11 is 0. The van der Waals surface area contributed by atoms with E-state index in [1.807, 2.05) is 61.5 Å². The lowest BCUT2D eigenvalue weighted by molar-refractivity contribution is 0.263. The zero-order chi connectivity index (χ0) is 16.8. The zero-order valence-corrected chi connectivity index (χ0v) is 13.6. The Hall–Kier alpha value is -2.50. The lowest BCUT2D eigenvalue weighted by Crippen LogP contribution is -2.22. The monoisotopic (exact) mass is 323 g/mol. The molecule has 124 valence electrons. The summed E-state index contributed by atoms with van der Waals surface area (Å²) in [5.74, 6) is 1.07. The molecule has 0 aliphatic rings. The molecule has 3 aromatic rings. The second-order valence-electron chi connectivity index (χ2n) is 5.67. The van der Waals surface area contributed by atoms with Crippen molar-refractivity contribution in [2.45, 2.75) is 25.9 Å². The molecule has 0 spiro atoms. The first-order chi connectivity index (χ1) is 11.8. The highest BCUT2D eigenvalue weighted by Crippen LogP contribution is 2.22. The normalized spacial score (nSPS) is 12.2. The van der Waals surface area contributed by atoms with Crippen LogP contribution in [0.2, 0.25) is 0 Å². The second kappa shape index (κ2) is 7.86. The summed E-state index contributed by atoms with van der Waals surface area (Å²) < 4.78 is 5.77. The van der Waals surface area contributed by atoms with E-state index in [0.717, 1.165) is 16.7 Å². The molecule has 2 aromatic carbocycles. The van der Waals surface area contributed by atoms with Crippen molar-refractivity contribution in [1.29, 1.82) is 0 Å². The van der Waals surface area contributed by atoms with Crippen molar-refractivity contribution in [2.24, 2.45) is 0 Å². The minimum Gasteiger partial charge on any atom is -0.419 e. The molecule has 0 saturated heterocycles. The van der Waals surface area contributed by atoms with Crippen LogP contribution in [0, 0.1) is 6.92 Å². The summed E-state index contributed by atoms with van der Waals surface area (Å²) in [5, 5.41) is 20.9. The molecule has 5 nitrogen and oxygen atoms in total. The number of benzene rings is 2. The van der Waals surface area contributed by atoms with Crippen LogP contribution in [0.25, 0.3) is 11.5 Å². The number of aromatic nitrogens is 2. The van der Waals surface area contributed by atoms with Gasteiger partial charge in [0.25, 0.3) is 0 Å². The van der Waals surface area contributed by atoms with Crippen LogP contribution in [-0.4, -0.2) is 21.9 Å². The van der Waals surface area contributed by atoms with Gasteiger partial charge in [0.05, 0.1) is 6.54 Å². The third-order valence-corrected chi connectivity index (χ3v) is 3.96. The Morgan fingerprint density at radius 3 is 2.54 bits per heavy atom. The van der Waals surface area contributed by atoms with E-state index in [0.29, 0.717) is 24.7 Å². The third-order valence-electron chi connectivity index (χ3n) is 3.96. The number of hydrogen-bond donors (Lipinski definition) is 2. The average Bonchev–Trinajstić information content (AvgIpc) is 3.08. The molecule has 0 amide bonds. The molecule has 1 unspecified atom stereocenters. The van der Waals surface area contributed by atoms with Crippen LogP contribution in [0.3, 0.4) is 0 Å². The number of nitrogens with zero attached hydrogens (tertiary/aromatic N) is 2. The number of hydrogen-bond acceptors (Lipinski definition) is 5. The molecular weight excluding hydrogens is 302 g/mol. The minimum absolute atomic E-state index is 0.0463. The molecule has 0 aliphatic carbocycles. The van der Waals surface area contributed by atoms with Crippen molar-refractivity contribution in [2.75, 3.05) is 6.61 Å². The van der Waals surface area contributed by atoms with Crippen LogP contribution in [0.15, 0.2) is 59.0 Å². The molecule has 0 saturated carbocycles. The van der Waals surface area contributed by atoms with Gasteiger partial charge in [0.15, 0.2) is 0 Å². The van der Waals surface area contributed by atoms with Crippen LogP contribution in [0.4, 0.5) is 0 Å². The lowest BCUT2D eigenvalue weighted by Gasteiger charge is -2.17. The summed E-state index contributed by atoms with van der Waals surface area (Å²) in [6.45, 7) is 2.59. The first kappa shape index (κ1) is 16.4. The first-order valence-electron chi connectivity index (χ1n) is 8.05. The molecule has 2 N–H and O–H groups in total. The van der Waals surface area contributed by atoms with Crippen molar-refractivity contribution >= 4 is 0 Å². The third kappa shape index (κ3) is 3.88. The predicted octanol–water partition coefficient (Wildman–Crippen LogP) is 3.26. The second-order valence-corrected chi connectivity index (χ2v) is 5.67. The Morgan fingerprint density at radius 1 is 1.04 bits per heavy atom. The molecular formula is C19H21N3O2. The SMILES string of the molecule is Cc1ccccc1-c1nnc(CNC(CCO)c2ccccc2)o1. The number of aliphatic hydroxyl groups excluding tert-OH is 1. The fourth-order valence-corrected chi connectivity index (χ4v) is 2.66. The summed E-state index contributed by atoms with van der Waals surface area (Å²) in [7, 11) is 0. The van der Waals surface area contributed by atoms with E-state index in [9.17, 15) is 5.11 Å². The van der Waals surface area contributed by atoms with E-state index in [-0.39, 0.29) is 12.6 Å². The molecule has 0 bridgehead atoms. The standard InChI is InChI=1S/C19H21N3O2/c1-14-7-5-6-10-16(14)19-22-21-18(24-19)13-20-17(11-12-23)15-8-3-2-4-9-15/h2-10,17,20,23H,11-13H2,1H3. The highest BCUT2D eigenvalue weighted by atomic mass is 16.4. The quantitative estimate of drug-likeness (QED) is 0.698. The summed E-state index contributed by atoms with van der Waals surface area (Å²) in [5.41, 5.74) is 3.18. The fourth-order valence-electron chi connectivity index (χ4n) is 2.66. The van der Waals surface area contributed by atoms with Crippen LogP contribution >= 0.6 is 0 Å². The van der Waals surface area contributed by atoms with Crippen molar-refractivity contribution in [3.8, 4) is 11.5 Å². The van der Waals surface area contributed by atoms with Gasteiger partial charge in [0.1, 0.15) is 0 Å². The van der Waals surface area contributed by atoms with E-state index >= 15 is 0 Å². The number of aliphatic hydroxyl groups is 1. The van der Waals surface area contributed by atoms with Gasteiger partial charge in [0, 0.05) is 18.2 Å². The topological polar surface area (TPSA) is 71.2 Å². The predicted molar refractivity (Wildman–Crippen MR) is 92.2 cm³/mol. The Morgan fingerprint density at radius 2 is 1.79 bits per heavy atom. The van der Waals surface area contributed by atoms with Crippen LogP contribution < -0.4 is 5.32 Å². The van der Waals surface area contributed by atoms with E-state index in [1.54, 1.807) is 0 Å². The molecule has 0 fully saturated rings. The van der Waals surface area contributed by atoms with Gasteiger partial charge in [-0.1, -0.05) is 48.5 Å². The lowest BCUT2D eigenvalue weighted by atomic mass is 10.0. The van der Waals surface area contributed by atoms with E-state index in [4.69, 9.17) is 4.42 Å². The molecule has 1 aromatic heterocycles. The maximum absolute atomic E-state index is 9.29. The fraction of sp³-hybridized carbons (Fsp3) is 0.263. The molecule has 5 heteroatoms. The van der Waals surface area contributed by atoms with Gasteiger partial charge < -0.3 is 14.8 Å². The van der Waals surface area contributed by atoms with E-state index < -0.39 is 0 Å². The van der Waals surface area contributed by atoms with Gasteiger partial charge in [-0.25, -0.2) is 0 Å². The Kier molecular flexibility index (Phi) is 5.36. The van der Waals surface area contributed by atoms with Crippen molar-refractivity contribution in [3.63, 3.8) is 0 Å². The van der Waals surface area contributed by atoms with Gasteiger partial charge in [-0.05, 0) is 30.5 Å². The average molecular weight is 323 g/mol. The van der Waals surface area contributed by atoms with Crippen molar-refractivity contribution in [3.05, 3.63) is 71.6 Å². The van der Waals surface area contributed by atoms with Gasteiger partial charge >= 0.3 is 0 Å². The van der Waals surface area contributed by atoms with E-state index in [2.05, 4.69) is 15.5 Å². The molecule has 24 heavy (non-hydrogen) atoms. The zero-order valence-electron chi connectivity index (χ0n) is 13.6. The molecule has 3 rings (SSSR count). The van der Waals surface area contributed by atoms with E-state index in [1.165, 1.54) is 0 Å². The maximum atomic E-state index is 9.29. The Balaban J connectivity index is 1.69. The Bertz CT molecular complexity index is 771. The van der Waals surface area contributed by atoms with Gasteiger partial charge in [-0.15, -0.1) is 10.2 Å². The van der Waals surface area contributed by atoms with Crippen LogP contribution in [-0.2, 0) is 6.54 Å². The number of rotatable bonds is 7. The number of nitrogens with one attached hydrogen (secondary N) is 1. The van der Waals surface area contributed by atoms with Crippen LogP contribution in [0.1, 0.15) is 29.5 Å². The van der Waals surface area contributed by atoms with Crippen molar-refractivity contribution < 1.29 is 9.52 Å². The molecule has 0 aliphatic heterocycles. The molecule has 1 atom stereocenters.